The number of Topliss-reactive ketones (excluding diaryl/α,β-unsaturated/α-hetero) is 2. The average molecular weight is 1690 g/mol. The van der Waals surface area contributed by atoms with Gasteiger partial charge >= 0.3 is 5.97 Å². The van der Waals surface area contributed by atoms with Gasteiger partial charge in [0, 0.05) is 55.0 Å². The van der Waals surface area contributed by atoms with E-state index in [1.165, 1.54) is 87.8 Å². The molecule has 2 N–H and O–H groups in total. The molecule has 9 nitrogen and oxygen atoms in total. The Morgan fingerprint density at radius 3 is 1.21 bits per heavy atom. The Labute approximate surface area is 733 Å². The van der Waals surface area contributed by atoms with E-state index in [0.717, 1.165) is 105 Å². The highest BCUT2D eigenvalue weighted by atomic mass is 35.5. The molecular formula is C109H94Cl4O9. The number of carbonyl (C=O) groups excluding carboxylic acids is 3. The molecule has 0 bridgehead atoms. The molecule has 0 aromatic heterocycles. The first-order valence-electron chi connectivity index (χ1n) is 41.2. The normalized spacial score (nSPS) is 15.2. The minimum Gasteiger partial charge on any atom is -0.481 e. The highest BCUT2D eigenvalue weighted by molar-refractivity contribution is 6.63. The number of hydrogen-bond acceptors (Lipinski definition) is 8. The molecule has 2 fully saturated rings. The summed E-state index contributed by atoms with van der Waals surface area (Å²) in [5.41, 5.74) is 20.6. The number of aliphatic hydroxyl groups excluding tert-OH is 1. The lowest BCUT2D eigenvalue weighted by Crippen LogP contribution is -2.12. The van der Waals surface area contributed by atoms with Gasteiger partial charge in [-0.15, -0.1) is 34.8 Å². The quantitative estimate of drug-likeness (QED) is 0.0499. The van der Waals surface area contributed by atoms with Crippen molar-refractivity contribution in [2.24, 2.45) is 0 Å². The number of hydrogen-bond donors (Lipinski definition) is 2. The van der Waals surface area contributed by atoms with E-state index in [1.807, 2.05) is 152 Å². The number of fused-ring (bicyclic) bond motifs is 11. The minimum absolute atomic E-state index is 0.109. The van der Waals surface area contributed by atoms with Gasteiger partial charge in [-0.1, -0.05) is 315 Å². The number of rotatable bonds is 13. The van der Waals surface area contributed by atoms with Gasteiger partial charge in [0.2, 0.25) is 5.24 Å². The second-order valence-electron chi connectivity index (χ2n) is 30.9. The Kier molecular flexibility index (Phi) is 30.7. The number of ketones is 2. The number of carbonyl (C=O) groups is 4. The molecular weight excluding hydrogens is 1600 g/mol. The number of benzene rings is 16. The van der Waals surface area contributed by atoms with Crippen molar-refractivity contribution in [2.75, 3.05) is 25.7 Å². The maximum atomic E-state index is 12.6. The first-order chi connectivity index (χ1) is 59.7. The van der Waals surface area contributed by atoms with E-state index in [2.05, 4.69) is 188 Å². The van der Waals surface area contributed by atoms with Crippen LogP contribution in [0.2, 0.25) is 0 Å². The topological polar surface area (TPSA) is 143 Å². The second-order valence-corrected chi connectivity index (χ2v) is 32.1. The van der Waals surface area contributed by atoms with Crippen molar-refractivity contribution in [1.82, 2.24) is 0 Å². The van der Waals surface area contributed by atoms with Gasteiger partial charge in [0.25, 0.3) is 0 Å². The van der Waals surface area contributed by atoms with Gasteiger partial charge < -0.3 is 24.4 Å². The van der Waals surface area contributed by atoms with Gasteiger partial charge in [0.05, 0.1) is 50.4 Å². The molecule has 3 aliphatic carbocycles. The molecule has 612 valence electrons. The maximum Gasteiger partial charge on any atom is 0.307 e. The summed E-state index contributed by atoms with van der Waals surface area (Å²) in [5.74, 6) is 1.16. The van der Waals surface area contributed by atoms with Crippen molar-refractivity contribution < 1.29 is 43.6 Å². The summed E-state index contributed by atoms with van der Waals surface area (Å²) in [7, 11) is 0. The number of alkyl halides is 3. The second kappa shape index (κ2) is 43.2. The van der Waals surface area contributed by atoms with Crippen LogP contribution in [0.1, 0.15) is 122 Å². The summed E-state index contributed by atoms with van der Waals surface area (Å²) < 4.78 is 16.4. The monoisotopic (exact) mass is 1690 g/mol. The standard InChI is InChI=1S/C22H20O2.C19H15ClO.C19H16O.C19H14O.C11H9Cl.C8H7ClO.C8H8O2.C3H5ClO/c1-3-7-17-11-21-19(9-15(17)5-1)10-16-6-2-4-8-18(16)12-22(21)24-14-20-13-23-20;20-13-17-11-15-8-4-5-9-16(15)12-18(17)19(21)10-14-6-2-1-3-7-14;2*20-19-12-16-8-4-2-6-14(16)10-17-9-13-5-1-3-7-15(13)11-18(17)19;12-8-9-5-6-10-3-1-2-4-11(10)7-9;2*9-8(10)6-7-4-2-1-3-5-7;4-1-3-2-5-3/h1-9,11,20,22H,10,12-14H2;1-9,11-12H,10,13H2;1-9,11,19-20H,10,12H2;1-9,11H,10,12H2;1-7H,8H2;1-5H,6H2;1-5H,6H2,(H,9,10);3H,1-2H2. The summed E-state index contributed by atoms with van der Waals surface area (Å²) >= 11 is 22.2. The van der Waals surface area contributed by atoms with Crippen molar-refractivity contribution in [3.63, 3.8) is 0 Å². The Hall–Kier alpha value is -11.7. The van der Waals surface area contributed by atoms with E-state index in [-0.39, 0.29) is 29.3 Å². The van der Waals surface area contributed by atoms with Gasteiger partial charge in [-0.3, -0.25) is 19.2 Å². The van der Waals surface area contributed by atoms with Gasteiger partial charge in [-0.25, -0.2) is 0 Å². The number of carboxylic acids is 1. The third-order valence-electron chi connectivity index (χ3n) is 22.1. The summed E-state index contributed by atoms with van der Waals surface area (Å²) in [6.07, 6.45) is 6.15. The van der Waals surface area contributed by atoms with Crippen LogP contribution in [-0.4, -0.2) is 70.9 Å². The first-order valence-corrected chi connectivity index (χ1v) is 43.2. The predicted octanol–water partition coefficient (Wildman–Crippen LogP) is 25.1. The van der Waals surface area contributed by atoms with E-state index in [0.29, 0.717) is 62.1 Å². The summed E-state index contributed by atoms with van der Waals surface area (Å²) in [5, 5.41) is 30.7. The lowest BCUT2D eigenvalue weighted by Gasteiger charge is -2.19. The number of aliphatic carboxylic acids is 1. The molecule has 2 aliphatic heterocycles. The third-order valence-corrected chi connectivity index (χ3v) is 23.2. The van der Waals surface area contributed by atoms with E-state index >= 15 is 0 Å². The molecule has 16 aromatic carbocycles. The fourth-order valence-electron chi connectivity index (χ4n) is 15.6. The van der Waals surface area contributed by atoms with Gasteiger partial charge in [0.15, 0.2) is 11.6 Å². The highest BCUT2D eigenvalue weighted by Gasteiger charge is 2.29. The molecule has 2 heterocycles. The van der Waals surface area contributed by atoms with Crippen LogP contribution in [0.15, 0.2) is 352 Å². The van der Waals surface area contributed by atoms with Gasteiger partial charge in [-0.05, 0) is 210 Å². The molecule has 5 aliphatic rings. The molecule has 13 heteroatoms. The van der Waals surface area contributed by atoms with Crippen molar-refractivity contribution in [2.45, 2.75) is 94.0 Å². The number of carboxylic acid groups (broad SMARTS) is 1. The highest BCUT2D eigenvalue weighted by Crippen LogP contribution is 2.38. The molecule has 0 amide bonds. The SMILES string of the molecule is ClCC1CO1.ClCc1ccc2ccccc2c1.O=C(Cc1ccccc1)c1cc2ccccc2cc1CCl.O=C(Cl)Cc1ccccc1.O=C(O)Cc1ccccc1.O=C1Cc2ccccc2Cc2cc3ccccc3cc21.OC1Cc2ccccc2Cc2cc3ccccc3cc21.c1ccc2c(c1)Cc1cc3ccccc3cc1C(OCC1CO1)C2. The first kappa shape index (κ1) is 86.7. The Morgan fingerprint density at radius 2 is 0.738 bits per heavy atom. The van der Waals surface area contributed by atoms with Crippen LogP contribution in [0.25, 0.3) is 53.9 Å². The lowest BCUT2D eigenvalue weighted by atomic mass is 9.95. The Morgan fingerprint density at radius 1 is 0.352 bits per heavy atom. The predicted molar refractivity (Wildman–Crippen MR) is 499 cm³/mol. The zero-order valence-electron chi connectivity index (χ0n) is 67.7. The maximum absolute atomic E-state index is 12.6. The van der Waals surface area contributed by atoms with E-state index in [1.54, 1.807) is 12.1 Å². The summed E-state index contributed by atoms with van der Waals surface area (Å²) in [6.45, 7) is 2.41. The fraction of sp³-hybridized carbons (Fsp3) is 0.174. The average Bonchev–Trinajstić information content (AvgIpc) is 1.63. The van der Waals surface area contributed by atoms with Crippen LogP contribution in [0, 0.1) is 0 Å². The number of ether oxygens (including phenoxy) is 3. The zero-order valence-corrected chi connectivity index (χ0v) is 70.7. The molecule has 2 saturated heterocycles. The van der Waals surface area contributed by atoms with Crippen molar-refractivity contribution in [1.29, 1.82) is 0 Å². The lowest BCUT2D eigenvalue weighted by molar-refractivity contribution is -0.136. The fourth-order valence-corrected chi connectivity index (χ4v) is 16.3. The van der Waals surface area contributed by atoms with Crippen LogP contribution in [0.4, 0.5) is 0 Å². The number of epoxide rings is 2. The van der Waals surface area contributed by atoms with Crippen LogP contribution in [-0.2, 0) is 93.3 Å². The van der Waals surface area contributed by atoms with Crippen LogP contribution in [0.5, 0.6) is 0 Å². The molecule has 122 heavy (non-hydrogen) atoms. The summed E-state index contributed by atoms with van der Waals surface area (Å²) in [4.78, 5) is 45.6. The van der Waals surface area contributed by atoms with Crippen molar-refractivity contribution >= 4 is 123 Å². The van der Waals surface area contributed by atoms with Crippen LogP contribution < -0.4 is 0 Å². The van der Waals surface area contributed by atoms with Gasteiger partial charge in [0.1, 0.15) is 6.10 Å². The van der Waals surface area contributed by atoms with E-state index < -0.39 is 12.1 Å². The van der Waals surface area contributed by atoms with Crippen LogP contribution in [0.3, 0.4) is 0 Å². The van der Waals surface area contributed by atoms with Crippen molar-refractivity contribution in [3.8, 4) is 0 Å². The molecule has 0 spiro atoms. The Bertz CT molecular complexity index is 6220. The van der Waals surface area contributed by atoms with Crippen molar-refractivity contribution in [3.05, 3.63) is 452 Å². The molecule has 16 aromatic rings. The summed E-state index contributed by atoms with van der Waals surface area (Å²) in [6, 6.07) is 119. The molecule has 0 saturated carbocycles. The number of halogens is 4. The molecule has 4 unspecified atom stereocenters. The molecule has 0 radical (unpaired) electrons. The largest absolute Gasteiger partial charge is 0.481 e. The van der Waals surface area contributed by atoms with Crippen LogP contribution >= 0.6 is 46.4 Å². The minimum atomic E-state index is -0.786. The Balaban J connectivity index is 0.000000117. The van der Waals surface area contributed by atoms with E-state index in [4.69, 9.17) is 65.7 Å². The smallest absolute Gasteiger partial charge is 0.307 e. The van der Waals surface area contributed by atoms with E-state index in [9.17, 15) is 24.3 Å². The van der Waals surface area contributed by atoms with Gasteiger partial charge in [-0.2, -0.15) is 0 Å². The molecule has 4 atom stereocenters. The number of aliphatic hydroxyl groups is 1. The zero-order chi connectivity index (χ0) is 84.5. The molecule has 21 rings (SSSR count). The third kappa shape index (κ3) is 24.3.